The van der Waals surface area contributed by atoms with Crippen LogP contribution in [-0.2, 0) is 0 Å². The highest BCUT2D eigenvalue weighted by Gasteiger charge is 2.57. The molecule has 0 aromatic carbocycles. The van der Waals surface area contributed by atoms with Gasteiger partial charge in [-0.2, -0.15) is 0 Å². The van der Waals surface area contributed by atoms with Crippen LogP contribution in [0.3, 0.4) is 0 Å². The highest BCUT2D eigenvalue weighted by molar-refractivity contribution is 6.74. The summed E-state index contributed by atoms with van der Waals surface area (Å²) in [5.41, 5.74) is 4.78. The van der Waals surface area contributed by atoms with Crippen molar-refractivity contribution in [2.75, 3.05) is 0 Å². The van der Waals surface area contributed by atoms with Gasteiger partial charge in [0, 0.05) is 0 Å². The van der Waals surface area contributed by atoms with E-state index in [0.717, 1.165) is 42.2 Å². The van der Waals surface area contributed by atoms with Gasteiger partial charge in [-0.3, -0.25) is 0 Å². The van der Waals surface area contributed by atoms with Crippen molar-refractivity contribution in [1.82, 2.24) is 0 Å². The average Bonchev–Trinajstić information content (AvgIpc) is 2.56. The zero-order valence-electron chi connectivity index (χ0n) is 17.7. The van der Waals surface area contributed by atoms with Gasteiger partial charge in [0.15, 0.2) is 6.71 Å². The number of allylic oxidation sites excluding steroid dienone is 4. The van der Waals surface area contributed by atoms with Crippen LogP contribution in [-0.4, -0.2) is 6.71 Å². The van der Waals surface area contributed by atoms with Crippen LogP contribution in [0.25, 0.3) is 0 Å². The molecule has 0 nitrogen and oxygen atoms in total. The lowest BCUT2D eigenvalue weighted by Crippen LogP contribution is -2.55. The number of rotatable bonds is 5. The summed E-state index contributed by atoms with van der Waals surface area (Å²) >= 11 is 0. The molecule has 0 aliphatic heterocycles. The minimum Gasteiger partial charge on any atom is -0.0965 e. The third-order valence-electron chi connectivity index (χ3n) is 9.54. The first kappa shape index (κ1) is 17.9. The van der Waals surface area contributed by atoms with Gasteiger partial charge >= 0.3 is 0 Å². The van der Waals surface area contributed by atoms with Crippen LogP contribution in [0, 0.1) is 46.3 Å². The fraction of sp³-hybridized carbons (Fsp3) is 0.833. The summed E-state index contributed by atoms with van der Waals surface area (Å²) < 4.78 is 0. The van der Waals surface area contributed by atoms with E-state index < -0.39 is 0 Å². The second-order valence-electron chi connectivity index (χ2n) is 11.1. The van der Waals surface area contributed by atoms with Gasteiger partial charge in [-0.25, -0.2) is 0 Å². The normalized spacial score (nSPS) is 42.7. The lowest BCUT2D eigenvalue weighted by Gasteiger charge is -2.61. The maximum absolute atomic E-state index is 2.75. The van der Waals surface area contributed by atoms with Crippen LogP contribution in [0.1, 0.15) is 74.1 Å². The molecule has 0 aromatic heterocycles. The summed E-state index contributed by atoms with van der Waals surface area (Å²) in [5, 5.41) is 0. The zero-order valence-corrected chi connectivity index (χ0v) is 17.7. The molecule has 6 unspecified atom stereocenters. The molecule has 6 rings (SSSR count). The zero-order chi connectivity index (χ0) is 18.1. The van der Waals surface area contributed by atoms with E-state index >= 15 is 0 Å². The molecule has 0 spiro atoms. The molecular weight excluding hydrogens is 299 g/mol. The molecule has 2 saturated carbocycles. The van der Waals surface area contributed by atoms with Gasteiger partial charge in [0.2, 0.25) is 0 Å². The largest absolute Gasteiger partial charge is 0.199 e. The molecule has 0 aromatic rings. The molecule has 0 N–H and O–H groups in total. The van der Waals surface area contributed by atoms with Crippen molar-refractivity contribution in [3.05, 3.63) is 23.1 Å². The van der Waals surface area contributed by atoms with E-state index in [9.17, 15) is 0 Å². The third-order valence-corrected chi connectivity index (χ3v) is 9.54. The molecule has 0 radical (unpaired) electrons. The Balaban J connectivity index is 1.67. The molecule has 6 atom stereocenters. The lowest BCUT2D eigenvalue weighted by atomic mass is 9.26. The molecule has 6 aliphatic carbocycles. The summed E-state index contributed by atoms with van der Waals surface area (Å²) in [5.74, 6) is 5.12. The maximum atomic E-state index is 2.75. The minimum absolute atomic E-state index is 0.551. The summed E-state index contributed by atoms with van der Waals surface area (Å²) in [4.78, 5) is 0. The first-order valence-electron chi connectivity index (χ1n) is 11.1. The Morgan fingerprint density at radius 2 is 1.32 bits per heavy atom. The summed E-state index contributed by atoms with van der Waals surface area (Å²) in [7, 11) is 0. The first-order valence-corrected chi connectivity index (χ1v) is 11.1. The van der Waals surface area contributed by atoms with E-state index in [0.29, 0.717) is 10.8 Å². The molecule has 138 valence electrons. The number of hydrogen-bond donors (Lipinski definition) is 0. The SMILES string of the molecule is CCCCB(C1=CC2CC(C1C)C2(C)C)C1=CC2CC(C1C)C2(C)C. The molecule has 0 saturated heterocycles. The number of hydrogen-bond acceptors (Lipinski definition) is 0. The van der Waals surface area contributed by atoms with Crippen LogP contribution < -0.4 is 0 Å². The summed E-state index contributed by atoms with van der Waals surface area (Å²) in [6.07, 6.45) is 12.5. The van der Waals surface area contributed by atoms with Crippen LogP contribution >= 0.6 is 0 Å². The van der Waals surface area contributed by atoms with Crippen molar-refractivity contribution >= 4 is 6.71 Å². The second kappa shape index (κ2) is 5.77. The van der Waals surface area contributed by atoms with Crippen molar-refractivity contribution in [2.24, 2.45) is 46.3 Å². The first-order chi connectivity index (χ1) is 11.7. The van der Waals surface area contributed by atoms with Crippen LogP contribution in [0.2, 0.25) is 6.32 Å². The van der Waals surface area contributed by atoms with E-state index in [1.54, 1.807) is 0 Å². The van der Waals surface area contributed by atoms with Crippen LogP contribution in [0.4, 0.5) is 0 Å². The third kappa shape index (κ3) is 2.40. The molecule has 2 fully saturated rings. The van der Waals surface area contributed by atoms with Crippen molar-refractivity contribution in [2.45, 2.75) is 80.5 Å². The fourth-order valence-electron chi connectivity index (χ4n) is 7.29. The van der Waals surface area contributed by atoms with Crippen molar-refractivity contribution in [1.29, 1.82) is 0 Å². The average molecular weight is 338 g/mol. The van der Waals surface area contributed by atoms with Gasteiger partial charge in [0.1, 0.15) is 0 Å². The Bertz CT molecular complexity index is 558. The molecule has 25 heavy (non-hydrogen) atoms. The van der Waals surface area contributed by atoms with Crippen LogP contribution in [0.15, 0.2) is 23.1 Å². The molecular formula is C24H39B. The number of unbranched alkanes of at least 4 members (excludes halogenated alkanes) is 1. The van der Waals surface area contributed by atoms with E-state index in [1.807, 2.05) is 10.9 Å². The van der Waals surface area contributed by atoms with Gasteiger partial charge in [0.05, 0.1) is 0 Å². The predicted octanol–water partition coefficient (Wildman–Crippen LogP) is 6.84. The van der Waals surface area contributed by atoms with Crippen molar-refractivity contribution < 1.29 is 0 Å². The molecule has 6 aliphatic rings. The smallest absolute Gasteiger partial charge is 0.0965 e. The number of fused-ring (bicyclic) bond motifs is 2. The Labute approximate surface area is 157 Å². The predicted molar refractivity (Wildman–Crippen MR) is 111 cm³/mol. The second-order valence-corrected chi connectivity index (χ2v) is 11.1. The minimum atomic E-state index is 0.551. The van der Waals surface area contributed by atoms with Gasteiger partial charge < -0.3 is 0 Å². The molecule has 1 heteroatoms. The van der Waals surface area contributed by atoms with Crippen molar-refractivity contribution in [3.8, 4) is 0 Å². The van der Waals surface area contributed by atoms with E-state index in [4.69, 9.17) is 0 Å². The highest BCUT2D eigenvalue weighted by Crippen LogP contribution is 2.63. The maximum Gasteiger partial charge on any atom is 0.199 e. The Kier molecular flexibility index (Phi) is 4.14. The van der Waals surface area contributed by atoms with Gasteiger partial charge in [-0.1, -0.05) is 90.7 Å². The topological polar surface area (TPSA) is 0 Å². The Morgan fingerprint density at radius 3 is 1.64 bits per heavy atom. The summed E-state index contributed by atoms with van der Waals surface area (Å²) in [6.45, 7) is 18.3. The van der Waals surface area contributed by atoms with E-state index in [2.05, 4.69) is 60.6 Å². The van der Waals surface area contributed by atoms with Crippen molar-refractivity contribution in [3.63, 3.8) is 0 Å². The fourth-order valence-corrected chi connectivity index (χ4v) is 7.29. The molecule has 4 bridgehead atoms. The monoisotopic (exact) mass is 338 g/mol. The standard InChI is InChI=1S/C24H39B/c1-8-9-10-25(21-13-17-11-19(15(21)2)23(17,4)5)22-14-18-12-20(16(22)3)24(18,6)7/h13-20H,8-12H2,1-7H3. The van der Waals surface area contributed by atoms with Gasteiger partial charge in [0.25, 0.3) is 0 Å². The lowest BCUT2D eigenvalue weighted by molar-refractivity contribution is -0.0306. The molecule has 0 amide bonds. The van der Waals surface area contributed by atoms with Gasteiger partial charge in [-0.05, 0) is 59.2 Å². The van der Waals surface area contributed by atoms with Gasteiger partial charge in [-0.15, -0.1) is 0 Å². The molecule has 0 heterocycles. The Hall–Kier alpha value is -0.455. The van der Waals surface area contributed by atoms with Crippen LogP contribution in [0.5, 0.6) is 0 Å². The summed E-state index contributed by atoms with van der Waals surface area (Å²) in [6, 6.07) is 0. The highest BCUT2D eigenvalue weighted by atomic mass is 14.6. The Morgan fingerprint density at radius 1 is 0.880 bits per heavy atom. The van der Waals surface area contributed by atoms with E-state index in [-0.39, 0.29) is 0 Å². The van der Waals surface area contributed by atoms with E-state index in [1.165, 1.54) is 32.0 Å². The quantitative estimate of drug-likeness (QED) is 0.482.